The van der Waals surface area contributed by atoms with Crippen molar-refractivity contribution in [1.29, 1.82) is 5.26 Å². The molecule has 4 atom stereocenters. The Morgan fingerprint density at radius 2 is 2.07 bits per heavy atom. The summed E-state index contributed by atoms with van der Waals surface area (Å²) in [5.74, 6) is -0.174. The Kier molecular flexibility index (Phi) is 6.07. The quantitative estimate of drug-likeness (QED) is 0.708. The molecule has 3 rings (SSSR count). The number of rotatable bonds is 4. The highest BCUT2D eigenvalue weighted by molar-refractivity contribution is 6.74. The highest BCUT2D eigenvalue weighted by atomic mass is 28.4. The van der Waals surface area contributed by atoms with Gasteiger partial charge in [0.25, 0.3) is 5.91 Å². The van der Waals surface area contributed by atoms with Crippen LogP contribution < -0.4 is 0 Å². The minimum atomic E-state index is -2.11. The topological polar surface area (TPSA) is 89.2 Å². The van der Waals surface area contributed by atoms with Gasteiger partial charge < -0.3 is 14.4 Å². The van der Waals surface area contributed by atoms with Crippen LogP contribution >= 0.6 is 0 Å². The molecule has 7 nitrogen and oxygen atoms in total. The number of piperidine rings is 1. The van der Waals surface area contributed by atoms with E-state index in [2.05, 4.69) is 49.8 Å². The lowest BCUT2D eigenvalue weighted by molar-refractivity contribution is -0.140. The number of allylic oxidation sites excluding steroid dienone is 1. The van der Waals surface area contributed by atoms with Crippen LogP contribution in [0.15, 0.2) is 17.1 Å². The fourth-order valence-corrected chi connectivity index (χ4v) is 5.42. The highest BCUT2D eigenvalue weighted by Gasteiger charge is 2.49. The van der Waals surface area contributed by atoms with E-state index in [0.717, 1.165) is 6.42 Å². The maximum atomic E-state index is 12.4. The molecule has 0 aliphatic carbocycles. The van der Waals surface area contributed by atoms with Gasteiger partial charge in [0.05, 0.1) is 12.6 Å². The van der Waals surface area contributed by atoms with Gasteiger partial charge >= 0.3 is 0 Å². The third-order valence-electron chi connectivity index (χ3n) is 7.02. The predicted octanol–water partition coefficient (Wildman–Crippen LogP) is 2.29. The van der Waals surface area contributed by atoms with Crippen molar-refractivity contribution in [3.63, 3.8) is 0 Å². The van der Waals surface area contributed by atoms with E-state index >= 15 is 0 Å². The molecule has 3 heterocycles. The van der Waals surface area contributed by atoms with Crippen LogP contribution in [0, 0.1) is 11.3 Å². The monoisotopic (exact) mass is 418 g/mol. The zero-order valence-electron chi connectivity index (χ0n) is 18.3. The second-order valence-corrected chi connectivity index (χ2v) is 14.7. The first-order valence-electron chi connectivity index (χ1n) is 10.5. The van der Waals surface area contributed by atoms with Gasteiger partial charge in [-0.1, -0.05) is 20.8 Å². The smallest absolute Gasteiger partial charge is 0.251 e. The molecule has 0 spiro atoms. The normalized spacial score (nSPS) is 33.9. The van der Waals surface area contributed by atoms with Crippen molar-refractivity contribution in [3.05, 3.63) is 12.2 Å². The van der Waals surface area contributed by atoms with Crippen LogP contribution in [0.25, 0.3) is 0 Å². The molecule has 29 heavy (non-hydrogen) atoms. The summed E-state index contributed by atoms with van der Waals surface area (Å²) in [5.41, 5.74) is -0.818. The molecule has 0 saturated carbocycles. The molecular formula is C21H34N4O3Si. The van der Waals surface area contributed by atoms with Gasteiger partial charge in [-0.05, 0) is 43.1 Å². The van der Waals surface area contributed by atoms with Crippen molar-refractivity contribution in [1.82, 2.24) is 9.80 Å². The number of likely N-dealkylation sites (tertiary alicyclic amines) is 2. The van der Waals surface area contributed by atoms with Gasteiger partial charge in [-0.3, -0.25) is 14.7 Å². The van der Waals surface area contributed by atoms with Crippen molar-refractivity contribution in [2.24, 2.45) is 4.99 Å². The lowest BCUT2D eigenvalue weighted by atomic mass is 9.91. The lowest BCUT2D eigenvalue weighted by Gasteiger charge is -2.51. The number of dihydropyridines is 1. The lowest BCUT2D eigenvalue weighted by Crippen LogP contribution is -2.63. The molecular weight excluding hydrogens is 384 g/mol. The standard InChI is InChI=1S/C21H34N4O3Si/c1-20(2,3)29(4,5)28-18-13-16(24-11-8-17(26)19(24)27)7-12-25(18)21(14-22)9-6-10-23-15-21/h6,9-10,16-18,26H,7-8,11-13,15H2,1-5H3/t16-,17-,18?,21+/m1/s1. The van der Waals surface area contributed by atoms with Gasteiger partial charge in [0.2, 0.25) is 0 Å². The summed E-state index contributed by atoms with van der Waals surface area (Å²) in [6.07, 6.45) is 6.24. The third-order valence-corrected chi connectivity index (χ3v) is 11.5. The van der Waals surface area contributed by atoms with E-state index in [4.69, 9.17) is 4.43 Å². The highest BCUT2D eigenvalue weighted by Crippen LogP contribution is 2.41. The summed E-state index contributed by atoms with van der Waals surface area (Å²) in [5, 5.41) is 20.0. The van der Waals surface area contributed by atoms with Crippen LogP contribution in [0.1, 0.15) is 40.0 Å². The van der Waals surface area contributed by atoms with E-state index in [9.17, 15) is 15.2 Å². The average Bonchev–Trinajstić information content (AvgIpc) is 3.00. The van der Waals surface area contributed by atoms with Crippen LogP contribution in [-0.4, -0.2) is 78.9 Å². The molecule has 0 bridgehead atoms. The fourth-order valence-electron chi connectivity index (χ4n) is 4.16. The van der Waals surface area contributed by atoms with Gasteiger partial charge in [-0.15, -0.1) is 0 Å². The van der Waals surface area contributed by atoms with Crippen LogP contribution in [0.3, 0.4) is 0 Å². The molecule has 2 saturated heterocycles. The van der Waals surface area contributed by atoms with E-state index in [0.29, 0.717) is 32.5 Å². The molecule has 2 fully saturated rings. The number of hydrogen-bond acceptors (Lipinski definition) is 6. The maximum absolute atomic E-state index is 12.4. The Morgan fingerprint density at radius 1 is 1.34 bits per heavy atom. The SMILES string of the molecule is CC(C)(C)[Si](C)(C)OC1C[C@H](N2CC[C@@H](O)C2=O)CCN1[C@]1(C#N)C=CC=NC1. The number of carbonyl (C=O) groups is 1. The van der Waals surface area contributed by atoms with Gasteiger partial charge in [0.1, 0.15) is 17.9 Å². The van der Waals surface area contributed by atoms with Crippen molar-refractivity contribution in [2.75, 3.05) is 19.6 Å². The van der Waals surface area contributed by atoms with Gasteiger partial charge in [0, 0.05) is 31.8 Å². The molecule has 8 heteroatoms. The fraction of sp³-hybridized carbons (Fsp3) is 0.762. The Bertz CT molecular complexity index is 739. The first kappa shape index (κ1) is 22.2. The first-order valence-corrected chi connectivity index (χ1v) is 13.4. The summed E-state index contributed by atoms with van der Waals surface area (Å²) in [6, 6.07) is 2.51. The van der Waals surface area contributed by atoms with Crippen LogP contribution in [0.5, 0.6) is 0 Å². The summed E-state index contributed by atoms with van der Waals surface area (Å²) >= 11 is 0. The molecule has 1 unspecified atom stereocenters. The zero-order chi connectivity index (χ0) is 21.4. The third kappa shape index (κ3) is 4.19. The van der Waals surface area contributed by atoms with Crippen molar-refractivity contribution < 1.29 is 14.3 Å². The number of nitrogens with zero attached hydrogens (tertiary/aromatic N) is 4. The van der Waals surface area contributed by atoms with E-state index in [-0.39, 0.29) is 23.2 Å². The largest absolute Gasteiger partial charge is 0.401 e. The number of aliphatic imine (C=N–C) groups is 1. The van der Waals surface area contributed by atoms with Crippen LogP contribution in [-0.2, 0) is 9.22 Å². The maximum Gasteiger partial charge on any atom is 0.251 e. The van der Waals surface area contributed by atoms with E-state index in [1.165, 1.54) is 0 Å². The number of nitriles is 1. The van der Waals surface area contributed by atoms with Gasteiger partial charge in [0.15, 0.2) is 8.32 Å². The minimum Gasteiger partial charge on any atom is -0.401 e. The number of aliphatic hydroxyl groups is 1. The molecule has 1 N–H and O–H groups in total. The summed E-state index contributed by atoms with van der Waals surface area (Å²) < 4.78 is 6.82. The number of amides is 1. The molecule has 160 valence electrons. The minimum absolute atomic E-state index is 0.0254. The Hall–Kier alpha value is -1.53. The Balaban J connectivity index is 1.88. The van der Waals surface area contributed by atoms with E-state index < -0.39 is 20.0 Å². The Labute approximate surface area is 175 Å². The molecule has 3 aliphatic heterocycles. The van der Waals surface area contributed by atoms with Crippen molar-refractivity contribution >= 4 is 20.4 Å². The van der Waals surface area contributed by atoms with Gasteiger partial charge in [-0.25, -0.2) is 0 Å². The number of carbonyl (C=O) groups excluding carboxylic acids is 1. The first-order chi connectivity index (χ1) is 13.5. The van der Waals surface area contributed by atoms with Gasteiger partial charge in [-0.2, -0.15) is 5.26 Å². The number of aliphatic hydroxyl groups excluding tert-OH is 1. The molecule has 0 radical (unpaired) electrons. The van der Waals surface area contributed by atoms with Crippen LogP contribution in [0.4, 0.5) is 0 Å². The van der Waals surface area contributed by atoms with Crippen molar-refractivity contribution in [3.8, 4) is 6.07 Å². The molecule has 0 aromatic carbocycles. The van der Waals surface area contributed by atoms with E-state index in [1.807, 2.05) is 17.1 Å². The molecule has 1 amide bonds. The predicted molar refractivity (Wildman–Crippen MR) is 115 cm³/mol. The summed E-state index contributed by atoms with van der Waals surface area (Å²) in [7, 11) is -2.11. The summed E-state index contributed by atoms with van der Waals surface area (Å²) in [4.78, 5) is 20.7. The summed E-state index contributed by atoms with van der Waals surface area (Å²) in [6.45, 7) is 12.7. The van der Waals surface area contributed by atoms with E-state index in [1.54, 1.807) is 6.21 Å². The molecule has 0 aromatic heterocycles. The van der Waals surface area contributed by atoms with Crippen LogP contribution in [0.2, 0.25) is 18.1 Å². The zero-order valence-corrected chi connectivity index (χ0v) is 19.3. The van der Waals surface area contributed by atoms with Crippen molar-refractivity contribution in [2.45, 2.75) is 82.1 Å². The second-order valence-electron chi connectivity index (χ2n) is 9.93. The second kappa shape index (κ2) is 7.95. The Morgan fingerprint density at radius 3 is 2.59 bits per heavy atom. The molecule has 0 aromatic rings. The molecule has 3 aliphatic rings. The average molecular weight is 419 g/mol. The number of hydrogen-bond donors (Lipinski definition) is 1.